The second kappa shape index (κ2) is 4.48. The number of halogens is 1. The Bertz CT molecular complexity index is 511. The summed E-state index contributed by atoms with van der Waals surface area (Å²) < 4.78 is 15.0. The lowest BCUT2D eigenvalue weighted by atomic mass is 10.1. The van der Waals surface area contributed by atoms with Crippen molar-refractivity contribution in [3.05, 3.63) is 34.6 Å². The zero-order valence-electron chi connectivity index (χ0n) is 10.0. The van der Waals surface area contributed by atoms with Gasteiger partial charge in [-0.25, -0.2) is 9.07 Å². The van der Waals surface area contributed by atoms with Crippen LogP contribution in [-0.2, 0) is 13.6 Å². The molecule has 0 bridgehead atoms. The third-order valence-corrected chi connectivity index (χ3v) is 2.57. The smallest absolute Gasteiger partial charge is 0.242 e. The van der Waals surface area contributed by atoms with Gasteiger partial charge in [-0.1, -0.05) is 17.2 Å². The molecule has 6 heteroatoms. The van der Waals surface area contributed by atoms with Crippen molar-refractivity contribution in [3.63, 3.8) is 0 Å². The van der Waals surface area contributed by atoms with Crippen molar-refractivity contribution in [2.75, 3.05) is 5.32 Å². The Morgan fingerprint density at radius 1 is 1.29 bits per heavy atom. The molecule has 0 aliphatic rings. The number of aromatic nitrogens is 4. The molecule has 2 rings (SSSR count). The molecule has 0 unspecified atom stereocenters. The van der Waals surface area contributed by atoms with Crippen molar-refractivity contribution in [2.45, 2.75) is 20.4 Å². The lowest BCUT2D eigenvalue weighted by Crippen LogP contribution is -2.06. The molecule has 0 aliphatic heterocycles. The number of benzene rings is 1. The highest BCUT2D eigenvalue weighted by atomic mass is 19.1. The predicted molar refractivity (Wildman–Crippen MR) is 62.0 cm³/mol. The molecule has 2 aromatic rings. The highest BCUT2D eigenvalue weighted by molar-refractivity contribution is 5.33. The summed E-state index contributed by atoms with van der Waals surface area (Å²) in [4.78, 5) is 0. The molecule has 0 atom stereocenters. The largest absolute Gasteiger partial charge is 0.349 e. The van der Waals surface area contributed by atoms with Crippen LogP contribution < -0.4 is 5.32 Å². The predicted octanol–water partition coefficient (Wildman–Crippen LogP) is 1.58. The molecule has 0 amide bonds. The van der Waals surface area contributed by atoms with Crippen LogP contribution in [0.3, 0.4) is 0 Å². The van der Waals surface area contributed by atoms with E-state index in [4.69, 9.17) is 0 Å². The van der Waals surface area contributed by atoms with Gasteiger partial charge in [-0.05, 0) is 41.0 Å². The van der Waals surface area contributed by atoms with E-state index >= 15 is 0 Å². The molecular weight excluding hydrogens is 221 g/mol. The highest BCUT2D eigenvalue weighted by Crippen LogP contribution is 2.15. The quantitative estimate of drug-likeness (QED) is 0.877. The highest BCUT2D eigenvalue weighted by Gasteiger charge is 2.05. The van der Waals surface area contributed by atoms with E-state index in [1.165, 1.54) is 0 Å². The van der Waals surface area contributed by atoms with Crippen LogP contribution in [0.1, 0.15) is 16.7 Å². The average molecular weight is 235 g/mol. The van der Waals surface area contributed by atoms with Gasteiger partial charge in [0.2, 0.25) is 5.95 Å². The Kier molecular flexibility index (Phi) is 3.03. The van der Waals surface area contributed by atoms with E-state index in [0.717, 1.165) is 5.56 Å². The Labute approximate surface area is 98.6 Å². The van der Waals surface area contributed by atoms with Crippen LogP contribution in [0.2, 0.25) is 0 Å². The summed E-state index contributed by atoms with van der Waals surface area (Å²) in [6.07, 6.45) is 0. The fourth-order valence-corrected chi connectivity index (χ4v) is 1.70. The number of nitrogens with one attached hydrogen (secondary N) is 1. The molecule has 17 heavy (non-hydrogen) atoms. The van der Waals surface area contributed by atoms with Gasteiger partial charge in [0.25, 0.3) is 0 Å². The summed E-state index contributed by atoms with van der Waals surface area (Å²) >= 11 is 0. The van der Waals surface area contributed by atoms with Gasteiger partial charge in [0.05, 0.1) is 0 Å². The van der Waals surface area contributed by atoms with Crippen molar-refractivity contribution < 1.29 is 4.39 Å². The molecule has 0 spiro atoms. The lowest BCUT2D eigenvalue weighted by molar-refractivity contribution is 0.608. The Balaban J connectivity index is 2.12. The maximum absolute atomic E-state index is 13.4. The summed E-state index contributed by atoms with van der Waals surface area (Å²) in [5.41, 5.74) is 2.31. The van der Waals surface area contributed by atoms with E-state index in [2.05, 4.69) is 20.8 Å². The van der Waals surface area contributed by atoms with Crippen LogP contribution in [0.4, 0.5) is 10.3 Å². The number of hydrogen-bond donors (Lipinski definition) is 1. The summed E-state index contributed by atoms with van der Waals surface area (Å²) in [6.45, 7) is 4.08. The minimum absolute atomic E-state index is 0.144. The van der Waals surface area contributed by atoms with Crippen LogP contribution in [0.5, 0.6) is 0 Å². The molecule has 1 N–H and O–H groups in total. The topological polar surface area (TPSA) is 55.6 Å². The number of rotatable bonds is 3. The molecule has 90 valence electrons. The second-order valence-corrected chi connectivity index (χ2v) is 4.02. The minimum atomic E-state index is -0.144. The first-order valence-corrected chi connectivity index (χ1v) is 5.30. The molecule has 0 saturated carbocycles. The molecular formula is C11H14FN5. The normalized spacial score (nSPS) is 10.6. The number of hydrogen-bond acceptors (Lipinski definition) is 4. The Morgan fingerprint density at radius 2 is 1.94 bits per heavy atom. The fourth-order valence-electron chi connectivity index (χ4n) is 1.70. The minimum Gasteiger partial charge on any atom is -0.349 e. The third kappa shape index (κ3) is 2.41. The van der Waals surface area contributed by atoms with Gasteiger partial charge in [-0.2, -0.15) is 0 Å². The maximum atomic E-state index is 13.4. The van der Waals surface area contributed by atoms with E-state index in [1.807, 2.05) is 12.1 Å². The van der Waals surface area contributed by atoms with Crippen LogP contribution in [0, 0.1) is 19.7 Å². The Morgan fingerprint density at radius 3 is 2.47 bits per heavy atom. The summed E-state index contributed by atoms with van der Waals surface area (Å²) in [5, 5.41) is 14.1. The third-order valence-electron chi connectivity index (χ3n) is 2.57. The molecule has 5 nitrogen and oxygen atoms in total. The van der Waals surface area contributed by atoms with Gasteiger partial charge < -0.3 is 5.32 Å². The first-order valence-electron chi connectivity index (χ1n) is 5.30. The summed E-state index contributed by atoms with van der Waals surface area (Å²) in [6, 6.07) is 3.64. The number of aryl methyl sites for hydroxylation is 3. The first kappa shape index (κ1) is 11.5. The van der Waals surface area contributed by atoms with Crippen LogP contribution in [-0.4, -0.2) is 20.2 Å². The van der Waals surface area contributed by atoms with Crippen LogP contribution >= 0.6 is 0 Å². The van der Waals surface area contributed by atoms with Gasteiger partial charge >= 0.3 is 0 Å². The van der Waals surface area contributed by atoms with Gasteiger partial charge in [0.1, 0.15) is 5.82 Å². The van der Waals surface area contributed by atoms with Crippen LogP contribution in [0.15, 0.2) is 12.1 Å². The SMILES string of the molecule is Cc1cc(CNc2nnnn2C)cc(C)c1F. The van der Waals surface area contributed by atoms with E-state index in [1.54, 1.807) is 25.6 Å². The molecule has 0 aliphatic carbocycles. The standard InChI is InChI=1S/C11H14FN5/c1-7-4-9(5-8(2)10(7)12)6-13-11-14-15-16-17(11)3/h4-5H,6H2,1-3H3,(H,13,14,16). The molecule has 1 heterocycles. The maximum Gasteiger partial charge on any atom is 0.242 e. The van der Waals surface area contributed by atoms with E-state index in [9.17, 15) is 4.39 Å². The number of tetrazole rings is 1. The van der Waals surface area contributed by atoms with Gasteiger partial charge in [0, 0.05) is 13.6 Å². The summed E-state index contributed by atoms with van der Waals surface area (Å²) in [5.74, 6) is 0.443. The zero-order valence-corrected chi connectivity index (χ0v) is 10.0. The van der Waals surface area contributed by atoms with Crippen LogP contribution in [0.25, 0.3) is 0 Å². The van der Waals surface area contributed by atoms with Crippen molar-refractivity contribution in [1.82, 2.24) is 20.2 Å². The average Bonchev–Trinajstić information content (AvgIpc) is 2.69. The van der Waals surface area contributed by atoms with Crippen molar-refractivity contribution in [1.29, 1.82) is 0 Å². The molecule has 1 aromatic carbocycles. The van der Waals surface area contributed by atoms with E-state index < -0.39 is 0 Å². The molecule has 0 saturated heterocycles. The van der Waals surface area contributed by atoms with Crippen molar-refractivity contribution in [2.24, 2.45) is 7.05 Å². The number of anilines is 1. The lowest BCUT2D eigenvalue weighted by Gasteiger charge is -2.08. The van der Waals surface area contributed by atoms with Crippen molar-refractivity contribution in [3.8, 4) is 0 Å². The molecule has 1 aromatic heterocycles. The Hall–Kier alpha value is -1.98. The van der Waals surface area contributed by atoms with Gasteiger partial charge in [-0.3, -0.25) is 0 Å². The fraction of sp³-hybridized carbons (Fsp3) is 0.364. The monoisotopic (exact) mass is 235 g/mol. The first-order chi connectivity index (χ1) is 8.08. The number of nitrogens with zero attached hydrogens (tertiary/aromatic N) is 4. The van der Waals surface area contributed by atoms with E-state index in [0.29, 0.717) is 23.6 Å². The summed E-state index contributed by atoms with van der Waals surface area (Å²) in [7, 11) is 1.75. The van der Waals surface area contributed by atoms with Gasteiger partial charge in [0.15, 0.2) is 0 Å². The van der Waals surface area contributed by atoms with Crippen molar-refractivity contribution >= 4 is 5.95 Å². The molecule has 0 fully saturated rings. The second-order valence-electron chi connectivity index (χ2n) is 4.02. The van der Waals surface area contributed by atoms with Gasteiger partial charge in [-0.15, -0.1) is 0 Å². The zero-order chi connectivity index (χ0) is 12.4. The van der Waals surface area contributed by atoms with E-state index in [-0.39, 0.29) is 5.82 Å². The molecule has 0 radical (unpaired) electrons.